The summed E-state index contributed by atoms with van der Waals surface area (Å²) >= 11 is 0. The molecule has 0 atom stereocenters. The van der Waals surface area contributed by atoms with Crippen LogP contribution in [0.1, 0.15) is 10.5 Å². The molecule has 3 rings (SSSR count). The molecule has 0 aliphatic heterocycles. The maximum absolute atomic E-state index is 12.1. The summed E-state index contributed by atoms with van der Waals surface area (Å²) in [5.41, 5.74) is 2.73. The van der Waals surface area contributed by atoms with Gasteiger partial charge in [0, 0.05) is 11.5 Å². The Morgan fingerprint density at radius 3 is 2.85 bits per heavy atom. The van der Waals surface area contributed by atoms with Crippen molar-refractivity contribution in [3.05, 3.63) is 48.4 Å². The summed E-state index contributed by atoms with van der Waals surface area (Å²) in [6, 6.07) is 10.7. The number of nitrogens with one attached hydrogen (secondary N) is 2. The molecule has 7 heteroatoms. The SMILES string of the molecule is NNc1nc(C(=O)Nc2ccon2)cc2ccccc12. The van der Waals surface area contributed by atoms with E-state index in [0.29, 0.717) is 11.6 Å². The summed E-state index contributed by atoms with van der Waals surface area (Å²) < 4.78 is 4.65. The molecule has 0 unspecified atom stereocenters. The van der Waals surface area contributed by atoms with Gasteiger partial charge in [-0.1, -0.05) is 29.4 Å². The van der Waals surface area contributed by atoms with Gasteiger partial charge in [0.2, 0.25) is 0 Å². The summed E-state index contributed by atoms with van der Waals surface area (Å²) in [6.07, 6.45) is 1.37. The molecule has 0 aliphatic rings. The number of benzene rings is 1. The van der Waals surface area contributed by atoms with Crippen LogP contribution >= 0.6 is 0 Å². The molecule has 0 saturated heterocycles. The number of fused-ring (bicyclic) bond motifs is 1. The lowest BCUT2D eigenvalue weighted by Gasteiger charge is -2.08. The van der Waals surface area contributed by atoms with E-state index in [-0.39, 0.29) is 11.6 Å². The molecule has 1 aromatic carbocycles. The number of carbonyl (C=O) groups excluding carboxylic acids is 1. The maximum atomic E-state index is 12.1. The zero-order chi connectivity index (χ0) is 13.9. The Hall–Kier alpha value is -2.93. The number of aromatic nitrogens is 2. The Morgan fingerprint density at radius 1 is 1.25 bits per heavy atom. The van der Waals surface area contributed by atoms with Gasteiger partial charge in [-0.2, -0.15) is 0 Å². The van der Waals surface area contributed by atoms with Crippen molar-refractivity contribution in [2.75, 3.05) is 10.7 Å². The van der Waals surface area contributed by atoms with Crippen molar-refractivity contribution in [2.45, 2.75) is 0 Å². The molecule has 3 aromatic rings. The first-order valence-corrected chi connectivity index (χ1v) is 5.86. The fraction of sp³-hybridized carbons (Fsp3) is 0. The van der Waals surface area contributed by atoms with Crippen molar-refractivity contribution in [3.8, 4) is 0 Å². The van der Waals surface area contributed by atoms with Gasteiger partial charge in [0.25, 0.3) is 5.91 Å². The van der Waals surface area contributed by atoms with E-state index in [1.165, 1.54) is 6.26 Å². The van der Waals surface area contributed by atoms with Crippen LogP contribution in [0.5, 0.6) is 0 Å². The summed E-state index contributed by atoms with van der Waals surface area (Å²) in [6.45, 7) is 0. The van der Waals surface area contributed by atoms with Gasteiger partial charge in [0.1, 0.15) is 17.8 Å². The Morgan fingerprint density at radius 2 is 2.10 bits per heavy atom. The minimum atomic E-state index is -0.388. The molecule has 0 fully saturated rings. The van der Waals surface area contributed by atoms with Crippen molar-refractivity contribution in [3.63, 3.8) is 0 Å². The molecule has 2 aromatic heterocycles. The Balaban J connectivity index is 2.01. The molecule has 2 heterocycles. The third kappa shape index (κ3) is 2.17. The summed E-state index contributed by atoms with van der Waals surface area (Å²) in [4.78, 5) is 16.3. The van der Waals surface area contributed by atoms with Crippen molar-refractivity contribution in [1.82, 2.24) is 10.1 Å². The van der Waals surface area contributed by atoms with Crippen LogP contribution in [0.3, 0.4) is 0 Å². The molecule has 4 N–H and O–H groups in total. The highest BCUT2D eigenvalue weighted by Gasteiger charge is 2.12. The summed E-state index contributed by atoms with van der Waals surface area (Å²) in [5.74, 6) is 5.83. The zero-order valence-electron chi connectivity index (χ0n) is 10.3. The quantitative estimate of drug-likeness (QED) is 0.494. The number of anilines is 2. The van der Waals surface area contributed by atoms with Crippen LogP contribution < -0.4 is 16.6 Å². The number of nitrogens with zero attached hydrogens (tertiary/aromatic N) is 2. The topological polar surface area (TPSA) is 106 Å². The van der Waals surface area contributed by atoms with E-state index in [2.05, 4.69) is 25.4 Å². The monoisotopic (exact) mass is 269 g/mol. The minimum Gasteiger partial charge on any atom is -0.363 e. The number of rotatable bonds is 3. The van der Waals surface area contributed by atoms with Gasteiger partial charge in [0.05, 0.1) is 0 Å². The van der Waals surface area contributed by atoms with Crippen LogP contribution in [0.15, 0.2) is 47.2 Å². The third-order valence-corrected chi connectivity index (χ3v) is 2.79. The fourth-order valence-electron chi connectivity index (χ4n) is 1.88. The van der Waals surface area contributed by atoms with E-state index in [9.17, 15) is 4.79 Å². The van der Waals surface area contributed by atoms with E-state index in [4.69, 9.17) is 5.84 Å². The van der Waals surface area contributed by atoms with Gasteiger partial charge in [-0.3, -0.25) is 4.79 Å². The Kier molecular flexibility index (Phi) is 3.02. The lowest BCUT2D eigenvalue weighted by Crippen LogP contribution is -2.16. The van der Waals surface area contributed by atoms with Crippen LogP contribution in [-0.4, -0.2) is 16.0 Å². The molecule has 7 nitrogen and oxygen atoms in total. The Bertz CT molecular complexity index is 755. The first kappa shape index (κ1) is 12.1. The molecule has 0 bridgehead atoms. The van der Waals surface area contributed by atoms with Crippen LogP contribution in [0.25, 0.3) is 10.8 Å². The van der Waals surface area contributed by atoms with Gasteiger partial charge >= 0.3 is 0 Å². The van der Waals surface area contributed by atoms with Crippen LogP contribution in [0, 0.1) is 0 Å². The van der Waals surface area contributed by atoms with Crippen LogP contribution in [0.2, 0.25) is 0 Å². The number of nitrogens with two attached hydrogens (primary N) is 1. The van der Waals surface area contributed by atoms with E-state index in [1.54, 1.807) is 12.1 Å². The minimum absolute atomic E-state index is 0.236. The van der Waals surface area contributed by atoms with Gasteiger partial charge in [-0.05, 0) is 11.5 Å². The standard InChI is InChI=1S/C13H11N5O2/c14-17-12-9-4-2-1-3-8(9)7-10(15-12)13(19)16-11-5-6-20-18-11/h1-7H,14H2,(H,15,17)(H,16,18,19). The number of nitrogen functional groups attached to an aromatic ring is 1. The average Bonchev–Trinajstić information content (AvgIpc) is 2.99. The first-order valence-electron chi connectivity index (χ1n) is 5.86. The number of pyridine rings is 1. The number of hydrazine groups is 1. The van der Waals surface area contributed by atoms with Gasteiger partial charge in [-0.15, -0.1) is 0 Å². The molecule has 0 saturated carbocycles. The molecule has 1 amide bonds. The van der Waals surface area contributed by atoms with Crippen LogP contribution in [-0.2, 0) is 0 Å². The lowest BCUT2D eigenvalue weighted by molar-refractivity contribution is 0.102. The van der Waals surface area contributed by atoms with E-state index in [1.807, 2.05) is 24.3 Å². The Labute approximate surface area is 113 Å². The summed E-state index contributed by atoms with van der Waals surface area (Å²) in [5, 5.41) is 7.89. The molecule has 20 heavy (non-hydrogen) atoms. The number of carbonyl (C=O) groups is 1. The molecule has 0 spiro atoms. The second-order valence-electron chi connectivity index (χ2n) is 4.06. The van der Waals surface area contributed by atoms with E-state index < -0.39 is 0 Å². The van der Waals surface area contributed by atoms with Gasteiger partial charge < -0.3 is 15.3 Å². The predicted octanol–water partition coefficient (Wildman–Crippen LogP) is 1.76. The predicted molar refractivity (Wildman–Crippen MR) is 74.0 cm³/mol. The normalized spacial score (nSPS) is 10.4. The van der Waals surface area contributed by atoms with Crippen LogP contribution in [0.4, 0.5) is 11.6 Å². The summed E-state index contributed by atoms with van der Waals surface area (Å²) in [7, 11) is 0. The highest BCUT2D eigenvalue weighted by molar-refractivity contribution is 6.06. The smallest absolute Gasteiger partial charge is 0.275 e. The average molecular weight is 269 g/mol. The second-order valence-corrected chi connectivity index (χ2v) is 4.06. The fourth-order valence-corrected chi connectivity index (χ4v) is 1.88. The van der Waals surface area contributed by atoms with E-state index in [0.717, 1.165) is 10.8 Å². The van der Waals surface area contributed by atoms with Crippen molar-refractivity contribution in [2.24, 2.45) is 5.84 Å². The molecule has 0 radical (unpaired) electrons. The molecular formula is C13H11N5O2. The van der Waals surface area contributed by atoms with Crippen molar-refractivity contribution in [1.29, 1.82) is 0 Å². The first-order chi connectivity index (χ1) is 9.78. The number of amides is 1. The highest BCUT2D eigenvalue weighted by Crippen LogP contribution is 2.22. The van der Waals surface area contributed by atoms with Crippen molar-refractivity contribution >= 4 is 28.3 Å². The third-order valence-electron chi connectivity index (χ3n) is 2.79. The molecular weight excluding hydrogens is 258 g/mol. The molecule has 0 aliphatic carbocycles. The van der Waals surface area contributed by atoms with Gasteiger partial charge in [0.15, 0.2) is 5.82 Å². The zero-order valence-corrected chi connectivity index (χ0v) is 10.3. The van der Waals surface area contributed by atoms with Gasteiger partial charge in [-0.25, -0.2) is 10.8 Å². The lowest BCUT2D eigenvalue weighted by atomic mass is 10.1. The van der Waals surface area contributed by atoms with E-state index >= 15 is 0 Å². The molecule has 100 valence electrons. The maximum Gasteiger partial charge on any atom is 0.275 e. The second kappa shape index (κ2) is 4.98. The number of hydrogen-bond acceptors (Lipinski definition) is 6. The largest absolute Gasteiger partial charge is 0.363 e. The highest BCUT2D eigenvalue weighted by atomic mass is 16.5. The van der Waals surface area contributed by atoms with Crippen molar-refractivity contribution < 1.29 is 9.32 Å². The number of hydrogen-bond donors (Lipinski definition) is 3.